The van der Waals surface area contributed by atoms with E-state index in [1.807, 2.05) is 13.8 Å². The van der Waals surface area contributed by atoms with Gasteiger partial charge in [-0.3, -0.25) is 14.9 Å². The number of hydrogen-bond donors (Lipinski definition) is 3. The zero-order valence-corrected chi connectivity index (χ0v) is 12.0. The zero-order chi connectivity index (χ0) is 14.3. The van der Waals surface area contributed by atoms with Crippen molar-refractivity contribution in [2.24, 2.45) is 0 Å². The molecule has 0 radical (unpaired) electrons. The Bertz CT molecular complexity index is 302. The lowest BCUT2D eigenvalue weighted by atomic mass is 10.2. The quantitative estimate of drug-likeness (QED) is 0.598. The third kappa shape index (κ3) is 6.54. The predicted octanol–water partition coefficient (Wildman–Crippen LogP) is -0.216. The normalized spacial score (nSPS) is 20.3. The maximum absolute atomic E-state index is 11.8. The van der Waals surface area contributed by atoms with Crippen LogP contribution in [0.3, 0.4) is 0 Å². The van der Waals surface area contributed by atoms with Crippen LogP contribution in [0.1, 0.15) is 33.6 Å². The summed E-state index contributed by atoms with van der Waals surface area (Å²) >= 11 is 0. The number of ether oxygens (including phenoxy) is 1. The van der Waals surface area contributed by atoms with Crippen molar-refractivity contribution >= 4 is 11.8 Å². The Morgan fingerprint density at radius 3 is 2.63 bits per heavy atom. The molecule has 2 amide bonds. The van der Waals surface area contributed by atoms with Gasteiger partial charge >= 0.3 is 0 Å². The Morgan fingerprint density at radius 1 is 1.32 bits per heavy atom. The van der Waals surface area contributed by atoms with Crippen molar-refractivity contribution in [1.82, 2.24) is 16.0 Å². The lowest BCUT2D eigenvalue weighted by Gasteiger charge is -2.16. The van der Waals surface area contributed by atoms with Crippen LogP contribution in [0.2, 0.25) is 0 Å². The van der Waals surface area contributed by atoms with Gasteiger partial charge in [-0.2, -0.15) is 0 Å². The summed E-state index contributed by atoms with van der Waals surface area (Å²) in [5.41, 5.74) is 0. The first-order chi connectivity index (χ1) is 8.99. The summed E-state index contributed by atoms with van der Waals surface area (Å²) in [5, 5.41) is 8.49. The van der Waals surface area contributed by atoms with E-state index >= 15 is 0 Å². The van der Waals surface area contributed by atoms with E-state index in [2.05, 4.69) is 16.0 Å². The van der Waals surface area contributed by atoms with E-state index in [-0.39, 0.29) is 36.5 Å². The summed E-state index contributed by atoms with van der Waals surface area (Å²) in [6, 6.07) is -0.280. The minimum atomic E-state index is -0.390. The molecule has 3 N–H and O–H groups in total. The van der Waals surface area contributed by atoms with Gasteiger partial charge in [0.2, 0.25) is 11.8 Å². The second kappa shape index (κ2) is 8.12. The Labute approximate surface area is 114 Å². The van der Waals surface area contributed by atoms with E-state index in [0.29, 0.717) is 6.54 Å². The van der Waals surface area contributed by atoms with Crippen LogP contribution >= 0.6 is 0 Å². The summed E-state index contributed by atoms with van der Waals surface area (Å²) in [7, 11) is 0. The SMILES string of the molecule is CC(C)NC(=O)CN[C@@H](C)C(=O)NC[C@H]1CCCO1. The minimum Gasteiger partial charge on any atom is -0.376 e. The van der Waals surface area contributed by atoms with Crippen molar-refractivity contribution in [2.75, 3.05) is 19.7 Å². The molecule has 1 heterocycles. The third-order valence-electron chi connectivity index (χ3n) is 2.94. The first kappa shape index (κ1) is 15.9. The average Bonchev–Trinajstić information content (AvgIpc) is 2.85. The van der Waals surface area contributed by atoms with Crippen LogP contribution in [-0.4, -0.2) is 49.7 Å². The highest BCUT2D eigenvalue weighted by Crippen LogP contribution is 2.10. The predicted molar refractivity (Wildman–Crippen MR) is 72.7 cm³/mol. The molecule has 2 atom stereocenters. The number of carbonyl (C=O) groups excluding carboxylic acids is 2. The summed E-state index contributed by atoms with van der Waals surface area (Å²) in [5.74, 6) is -0.207. The molecule has 0 aromatic rings. The second-order valence-corrected chi connectivity index (χ2v) is 5.20. The maximum Gasteiger partial charge on any atom is 0.236 e. The second-order valence-electron chi connectivity index (χ2n) is 5.20. The van der Waals surface area contributed by atoms with Crippen LogP contribution in [0.15, 0.2) is 0 Å². The number of rotatable bonds is 7. The molecule has 0 aromatic heterocycles. The van der Waals surface area contributed by atoms with Crippen molar-refractivity contribution in [3.63, 3.8) is 0 Å². The molecule has 0 unspecified atom stereocenters. The van der Waals surface area contributed by atoms with Crippen LogP contribution in [0.5, 0.6) is 0 Å². The molecule has 1 fully saturated rings. The van der Waals surface area contributed by atoms with E-state index in [9.17, 15) is 9.59 Å². The lowest BCUT2D eigenvalue weighted by molar-refractivity contribution is -0.124. The standard InChI is InChI=1S/C13H25N3O3/c1-9(2)16-12(17)8-14-10(3)13(18)15-7-11-5-4-6-19-11/h9-11,14H,4-8H2,1-3H3,(H,15,18)(H,16,17)/t10-,11+/m0/s1. The molecule has 1 rings (SSSR count). The van der Waals surface area contributed by atoms with Crippen molar-refractivity contribution in [2.45, 2.75) is 51.8 Å². The van der Waals surface area contributed by atoms with Crippen molar-refractivity contribution in [3.05, 3.63) is 0 Å². The molecule has 6 heteroatoms. The van der Waals surface area contributed by atoms with Crippen LogP contribution in [0.4, 0.5) is 0 Å². The number of carbonyl (C=O) groups is 2. The van der Waals surface area contributed by atoms with Gasteiger partial charge in [-0.05, 0) is 33.6 Å². The zero-order valence-electron chi connectivity index (χ0n) is 12.0. The molecular weight excluding hydrogens is 246 g/mol. The van der Waals surface area contributed by atoms with E-state index < -0.39 is 0 Å². The summed E-state index contributed by atoms with van der Waals surface area (Å²) in [6.07, 6.45) is 2.20. The Morgan fingerprint density at radius 2 is 2.05 bits per heavy atom. The summed E-state index contributed by atoms with van der Waals surface area (Å²) in [6.45, 7) is 7.01. The Balaban J connectivity index is 2.15. The molecule has 0 aliphatic carbocycles. The molecule has 1 saturated heterocycles. The molecule has 0 aromatic carbocycles. The fourth-order valence-corrected chi connectivity index (χ4v) is 1.88. The van der Waals surface area contributed by atoms with Crippen molar-refractivity contribution in [1.29, 1.82) is 0 Å². The maximum atomic E-state index is 11.8. The third-order valence-corrected chi connectivity index (χ3v) is 2.94. The highest BCUT2D eigenvalue weighted by atomic mass is 16.5. The fourth-order valence-electron chi connectivity index (χ4n) is 1.88. The van der Waals surface area contributed by atoms with E-state index in [1.165, 1.54) is 0 Å². The number of nitrogens with one attached hydrogen (secondary N) is 3. The van der Waals surface area contributed by atoms with Crippen molar-refractivity contribution in [3.8, 4) is 0 Å². The van der Waals surface area contributed by atoms with Gasteiger partial charge in [0.05, 0.1) is 18.7 Å². The Kier molecular flexibility index (Phi) is 6.80. The fraction of sp³-hybridized carbons (Fsp3) is 0.846. The van der Waals surface area contributed by atoms with Crippen LogP contribution in [0.25, 0.3) is 0 Å². The van der Waals surface area contributed by atoms with Gasteiger partial charge in [0, 0.05) is 19.2 Å². The van der Waals surface area contributed by atoms with Gasteiger partial charge in [-0.1, -0.05) is 0 Å². The number of hydrogen-bond acceptors (Lipinski definition) is 4. The molecular formula is C13H25N3O3. The average molecular weight is 271 g/mol. The monoisotopic (exact) mass is 271 g/mol. The smallest absolute Gasteiger partial charge is 0.236 e. The molecule has 6 nitrogen and oxygen atoms in total. The van der Waals surface area contributed by atoms with Crippen LogP contribution in [-0.2, 0) is 14.3 Å². The molecule has 1 aliphatic rings. The van der Waals surface area contributed by atoms with Gasteiger partial charge in [0.15, 0.2) is 0 Å². The summed E-state index contributed by atoms with van der Waals surface area (Å²) in [4.78, 5) is 23.2. The minimum absolute atomic E-state index is 0.103. The van der Waals surface area contributed by atoms with Gasteiger partial charge in [0.25, 0.3) is 0 Å². The summed E-state index contributed by atoms with van der Waals surface area (Å²) < 4.78 is 5.43. The van der Waals surface area contributed by atoms with Gasteiger partial charge < -0.3 is 15.4 Å². The molecule has 0 spiro atoms. The lowest BCUT2D eigenvalue weighted by Crippen LogP contribution is -2.48. The van der Waals surface area contributed by atoms with E-state index in [0.717, 1.165) is 19.4 Å². The van der Waals surface area contributed by atoms with Gasteiger partial charge in [-0.15, -0.1) is 0 Å². The van der Waals surface area contributed by atoms with Crippen LogP contribution in [0, 0.1) is 0 Å². The number of amides is 2. The van der Waals surface area contributed by atoms with E-state index in [4.69, 9.17) is 4.74 Å². The Hall–Kier alpha value is -1.14. The van der Waals surface area contributed by atoms with Crippen LogP contribution < -0.4 is 16.0 Å². The molecule has 0 bridgehead atoms. The van der Waals surface area contributed by atoms with Crippen molar-refractivity contribution < 1.29 is 14.3 Å². The molecule has 110 valence electrons. The molecule has 19 heavy (non-hydrogen) atoms. The van der Waals surface area contributed by atoms with Gasteiger partial charge in [0.1, 0.15) is 0 Å². The molecule has 0 saturated carbocycles. The van der Waals surface area contributed by atoms with Gasteiger partial charge in [-0.25, -0.2) is 0 Å². The first-order valence-corrected chi connectivity index (χ1v) is 6.91. The highest BCUT2D eigenvalue weighted by Gasteiger charge is 2.18. The molecule has 1 aliphatic heterocycles. The largest absolute Gasteiger partial charge is 0.376 e. The van der Waals surface area contributed by atoms with E-state index in [1.54, 1.807) is 6.92 Å². The topological polar surface area (TPSA) is 79.5 Å². The highest BCUT2D eigenvalue weighted by molar-refractivity contribution is 5.83. The first-order valence-electron chi connectivity index (χ1n) is 6.91.